The number of nitrogens with zero attached hydrogens (tertiary/aromatic N) is 2. The molecule has 0 aromatic carbocycles. The maximum Gasteiger partial charge on any atom is 0.0818 e. The smallest absolute Gasteiger partial charge is 0.0818 e. The maximum absolute atomic E-state index is 6.05. The normalized spacial score (nSPS) is 10.8. The number of hydrogen-bond donors (Lipinski definition) is 1. The Morgan fingerprint density at radius 1 is 1.50 bits per heavy atom. The van der Waals surface area contributed by atoms with Gasteiger partial charge in [0.25, 0.3) is 0 Å². The first kappa shape index (κ1) is 11.5. The van der Waals surface area contributed by atoms with Gasteiger partial charge in [-0.15, -0.1) is 0 Å². The van der Waals surface area contributed by atoms with Crippen molar-refractivity contribution in [3.63, 3.8) is 0 Å². The molecule has 3 nitrogen and oxygen atoms in total. The van der Waals surface area contributed by atoms with Gasteiger partial charge < -0.3 is 5.32 Å². The van der Waals surface area contributed by atoms with Gasteiger partial charge in [-0.05, 0) is 13.0 Å². The zero-order valence-electron chi connectivity index (χ0n) is 8.89. The monoisotopic (exact) mass is 215 g/mol. The van der Waals surface area contributed by atoms with E-state index in [2.05, 4.69) is 24.3 Å². The zero-order valence-corrected chi connectivity index (χ0v) is 9.64. The Morgan fingerprint density at radius 2 is 2.29 bits per heavy atom. The highest BCUT2D eigenvalue weighted by atomic mass is 35.5. The Bertz CT molecular complexity index is 270. The molecule has 0 atom stereocenters. The molecule has 0 unspecified atom stereocenters. The van der Waals surface area contributed by atoms with E-state index in [1.807, 2.05) is 4.68 Å². The van der Waals surface area contributed by atoms with Crippen LogP contribution in [0.4, 0.5) is 0 Å². The van der Waals surface area contributed by atoms with Crippen LogP contribution in [0.3, 0.4) is 0 Å². The van der Waals surface area contributed by atoms with Gasteiger partial charge in [0, 0.05) is 19.5 Å². The summed E-state index contributed by atoms with van der Waals surface area (Å²) in [5, 5.41) is 8.31. The number of rotatable bonds is 6. The summed E-state index contributed by atoms with van der Waals surface area (Å²) < 4.78 is 2.00. The third-order valence-electron chi connectivity index (χ3n) is 2.12. The summed E-state index contributed by atoms with van der Waals surface area (Å²) in [6, 6.07) is 0. The van der Waals surface area contributed by atoms with Crippen LogP contribution in [0, 0.1) is 0 Å². The van der Waals surface area contributed by atoms with Crippen LogP contribution in [0.1, 0.15) is 26.0 Å². The van der Waals surface area contributed by atoms with Gasteiger partial charge in [0.1, 0.15) is 0 Å². The number of hydrogen-bond acceptors (Lipinski definition) is 2. The average Bonchev–Trinajstić information content (AvgIpc) is 2.50. The van der Waals surface area contributed by atoms with E-state index in [1.54, 1.807) is 6.20 Å². The SMILES string of the molecule is CCCn1ncc(Cl)c1CCNCC. The van der Waals surface area contributed by atoms with E-state index < -0.39 is 0 Å². The molecule has 0 aliphatic heterocycles. The van der Waals surface area contributed by atoms with Gasteiger partial charge >= 0.3 is 0 Å². The number of nitrogens with one attached hydrogen (secondary N) is 1. The van der Waals surface area contributed by atoms with Crippen molar-refractivity contribution >= 4 is 11.6 Å². The fraction of sp³-hybridized carbons (Fsp3) is 0.700. The largest absolute Gasteiger partial charge is 0.317 e. The van der Waals surface area contributed by atoms with Gasteiger partial charge in [-0.25, -0.2) is 0 Å². The van der Waals surface area contributed by atoms with Gasteiger partial charge in [0.05, 0.1) is 16.9 Å². The summed E-state index contributed by atoms with van der Waals surface area (Å²) in [6.07, 6.45) is 3.78. The molecule has 0 bridgehead atoms. The second-order valence-corrected chi connectivity index (χ2v) is 3.67. The van der Waals surface area contributed by atoms with Crippen LogP contribution in [0.5, 0.6) is 0 Å². The quantitative estimate of drug-likeness (QED) is 0.737. The van der Waals surface area contributed by atoms with E-state index in [0.717, 1.165) is 43.2 Å². The van der Waals surface area contributed by atoms with E-state index in [9.17, 15) is 0 Å². The molecule has 0 amide bonds. The van der Waals surface area contributed by atoms with Gasteiger partial charge in [-0.1, -0.05) is 25.4 Å². The van der Waals surface area contributed by atoms with Crippen molar-refractivity contribution in [2.45, 2.75) is 33.2 Å². The van der Waals surface area contributed by atoms with Crippen LogP contribution < -0.4 is 5.32 Å². The highest BCUT2D eigenvalue weighted by molar-refractivity contribution is 6.31. The minimum Gasteiger partial charge on any atom is -0.317 e. The van der Waals surface area contributed by atoms with Crippen molar-refractivity contribution < 1.29 is 0 Å². The number of likely N-dealkylation sites (N-methyl/N-ethyl adjacent to an activating group) is 1. The van der Waals surface area contributed by atoms with Gasteiger partial charge in [-0.3, -0.25) is 4.68 Å². The van der Waals surface area contributed by atoms with Crippen LogP contribution in [0.15, 0.2) is 6.20 Å². The minimum absolute atomic E-state index is 0.788. The molecule has 0 saturated heterocycles. The molecule has 0 saturated carbocycles. The Hall–Kier alpha value is -0.540. The van der Waals surface area contributed by atoms with E-state index >= 15 is 0 Å². The van der Waals surface area contributed by atoms with Crippen LogP contribution >= 0.6 is 11.6 Å². The lowest BCUT2D eigenvalue weighted by Gasteiger charge is -2.06. The number of aromatic nitrogens is 2. The third kappa shape index (κ3) is 3.00. The molecule has 1 aromatic rings. The molecule has 0 spiro atoms. The molecule has 1 aromatic heterocycles. The average molecular weight is 216 g/mol. The predicted molar refractivity (Wildman–Crippen MR) is 59.8 cm³/mol. The van der Waals surface area contributed by atoms with E-state index in [4.69, 9.17) is 11.6 Å². The van der Waals surface area contributed by atoms with E-state index in [-0.39, 0.29) is 0 Å². The maximum atomic E-state index is 6.05. The summed E-state index contributed by atoms with van der Waals surface area (Å²) in [5.41, 5.74) is 1.15. The Labute approximate surface area is 90.4 Å². The van der Waals surface area contributed by atoms with Crippen molar-refractivity contribution in [2.24, 2.45) is 0 Å². The first-order chi connectivity index (χ1) is 6.79. The van der Waals surface area contributed by atoms with Crippen LogP contribution in [0.2, 0.25) is 5.02 Å². The molecule has 1 N–H and O–H groups in total. The van der Waals surface area contributed by atoms with Crippen molar-refractivity contribution in [1.29, 1.82) is 0 Å². The Balaban J connectivity index is 2.57. The van der Waals surface area contributed by atoms with Crippen molar-refractivity contribution in [3.8, 4) is 0 Å². The van der Waals surface area contributed by atoms with Gasteiger partial charge in [0.15, 0.2) is 0 Å². The third-order valence-corrected chi connectivity index (χ3v) is 2.44. The standard InChI is InChI=1S/C10H18ClN3/c1-3-7-14-10(5-6-12-4-2)9(11)8-13-14/h8,12H,3-7H2,1-2H3. The molecule has 1 heterocycles. The molecule has 14 heavy (non-hydrogen) atoms. The fourth-order valence-electron chi connectivity index (χ4n) is 1.42. The topological polar surface area (TPSA) is 29.9 Å². The number of aryl methyl sites for hydroxylation is 1. The molecule has 80 valence electrons. The molecular formula is C10H18ClN3. The highest BCUT2D eigenvalue weighted by Gasteiger charge is 2.07. The Kier molecular flexibility index (Phi) is 4.98. The lowest BCUT2D eigenvalue weighted by Crippen LogP contribution is -2.18. The second kappa shape index (κ2) is 6.04. The lowest BCUT2D eigenvalue weighted by molar-refractivity contribution is 0.564. The predicted octanol–water partition coefficient (Wildman–Crippen LogP) is 2.10. The molecule has 4 heteroatoms. The summed E-state index contributed by atoms with van der Waals surface area (Å²) in [6.45, 7) is 7.16. The van der Waals surface area contributed by atoms with E-state index in [0.29, 0.717) is 0 Å². The van der Waals surface area contributed by atoms with Gasteiger partial charge in [0.2, 0.25) is 0 Å². The van der Waals surface area contributed by atoms with Crippen molar-refractivity contribution in [2.75, 3.05) is 13.1 Å². The van der Waals surface area contributed by atoms with Crippen molar-refractivity contribution in [1.82, 2.24) is 15.1 Å². The molecule has 1 rings (SSSR count). The van der Waals surface area contributed by atoms with Crippen LogP contribution in [-0.2, 0) is 13.0 Å². The fourth-order valence-corrected chi connectivity index (χ4v) is 1.66. The first-order valence-corrected chi connectivity index (χ1v) is 5.58. The van der Waals surface area contributed by atoms with E-state index in [1.165, 1.54) is 0 Å². The zero-order chi connectivity index (χ0) is 10.4. The molecule has 0 radical (unpaired) electrons. The highest BCUT2D eigenvalue weighted by Crippen LogP contribution is 2.15. The first-order valence-electron chi connectivity index (χ1n) is 5.20. The molecule has 0 aliphatic carbocycles. The summed E-state index contributed by atoms with van der Waals surface area (Å²) in [5.74, 6) is 0. The molecule has 0 fully saturated rings. The Morgan fingerprint density at radius 3 is 2.93 bits per heavy atom. The molecular weight excluding hydrogens is 198 g/mol. The van der Waals surface area contributed by atoms with Crippen LogP contribution in [0.25, 0.3) is 0 Å². The van der Waals surface area contributed by atoms with Crippen LogP contribution in [-0.4, -0.2) is 22.9 Å². The summed E-state index contributed by atoms with van der Waals surface area (Å²) in [4.78, 5) is 0. The molecule has 0 aliphatic rings. The second-order valence-electron chi connectivity index (χ2n) is 3.27. The lowest BCUT2D eigenvalue weighted by atomic mass is 10.3. The van der Waals surface area contributed by atoms with Gasteiger partial charge in [-0.2, -0.15) is 5.10 Å². The summed E-state index contributed by atoms with van der Waals surface area (Å²) in [7, 11) is 0. The minimum atomic E-state index is 0.788. The number of halogens is 1. The van der Waals surface area contributed by atoms with Crippen molar-refractivity contribution in [3.05, 3.63) is 16.9 Å². The summed E-state index contributed by atoms with van der Waals surface area (Å²) >= 11 is 6.05.